The summed E-state index contributed by atoms with van der Waals surface area (Å²) in [4.78, 5) is 0. The first-order valence-electron chi connectivity index (χ1n) is 2.35. The molecule has 0 spiro atoms. The molecule has 7 heavy (non-hydrogen) atoms. The van der Waals surface area contributed by atoms with Crippen LogP contribution in [0.1, 0.15) is 6.42 Å². The molecule has 0 bridgehead atoms. The first-order chi connectivity index (χ1) is 3.41. The van der Waals surface area contributed by atoms with Gasteiger partial charge in [0.2, 0.25) is 0 Å². The summed E-state index contributed by atoms with van der Waals surface area (Å²) in [6.45, 7) is 3.57. The first-order valence-corrected chi connectivity index (χ1v) is 3.74. The van der Waals surface area contributed by atoms with E-state index in [1.807, 2.05) is 17.8 Å². The molecular formula is C6H11S. The summed E-state index contributed by atoms with van der Waals surface area (Å²) >= 11 is 1.86. The minimum Gasteiger partial charge on any atom is -0.165 e. The molecule has 0 aromatic heterocycles. The van der Waals surface area contributed by atoms with Crippen LogP contribution in [-0.2, 0) is 0 Å². The maximum atomic E-state index is 3.57. The summed E-state index contributed by atoms with van der Waals surface area (Å²) in [5, 5.41) is 0. The number of allylic oxidation sites excluding steroid dienone is 2. The van der Waals surface area contributed by atoms with Gasteiger partial charge >= 0.3 is 0 Å². The van der Waals surface area contributed by atoms with E-state index in [1.54, 1.807) is 0 Å². The molecule has 0 aliphatic heterocycles. The second kappa shape index (κ2) is 6.09. The van der Waals surface area contributed by atoms with Crippen molar-refractivity contribution in [2.24, 2.45) is 0 Å². The zero-order valence-electron chi connectivity index (χ0n) is 4.68. The average molecular weight is 115 g/mol. The number of hydrogen-bond donors (Lipinski definition) is 0. The SMILES string of the molecule is [CH2]/C=C/CCSC. The van der Waals surface area contributed by atoms with Gasteiger partial charge in [0, 0.05) is 0 Å². The highest BCUT2D eigenvalue weighted by molar-refractivity contribution is 7.98. The van der Waals surface area contributed by atoms with Gasteiger partial charge in [-0.05, 0) is 25.4 Å². The molecule has 0 atom stereocenters. The summed E-state index contributed by atoms with van der Waals surface area (Å²) < 4.78 is 0. The Labute approximate surface area is 50.0 Å². The highest BCUT2D eigenvalue weighted by Crippen LogP contribution is 1.94. The van der Waals surface area contributed by atoms with E-state index in [-0.39, 0.29) is 0 Å². The highest BCUT2D eigenvalue weighted by Gasteiger charge is 1.73. The van der Waals surface area contributed by atoms with Crippen LogP contribution in [0.25, 0.3) is 0 Å². The molecular weight excluding hydrogens is 104 g/mol. The second-order valence-electron chi connectivity index (χ2n) is 1.25. The van der Waals surface area contributed by atoms with E-state index in [9.17, 15) is 0 Å². The number of hydrogen-bond acceptors (Lipinski definition) is 1. The lowest BCUT2D eigenvalue weighted by Crippen LogP contribution is -1.68. The molecule has 0 aliphatic rings. The zero-order chi connectivity index (χ0) is 5.54. The monoisotopic (exact) mass is 115 g/mol. The molecule has 0 unspecified atom stereocenters. The van der Waals surface area contributed by atoms with Crippen molar-refractivity contribution in [1.82, 2.24) is 0 Å². The van der Waals surface area contributed by atoms with E-state index in [4.69, 9.17) is 0 Å². The third-order valence-electron chi connectivity index (χ3n) is 0.655. The largest absolute Gasteiger partial charge is 0.165 e. The predicted octanol–water partition coefficient (Wildman–Crippen LogP) is 2.13. The van der Waals surface area contributed by atoms with E-state index >= 15 is 0 Å². The summed E-state index contributed by atoms with van der Waals surface area (Å²) in [6.07, 6.45) is 7.19. The zero-order valence-corrected chi connectivity index (χ0v) is 5.50. The van der Waals surface area contributed by atoms with Crippen molar-refractivity contribution in [2.45, 2.75) is 6.42 Å². The molecule has 0 aromatic carbocycles. The fourth-order valence-corrected chi connectivity index (χ4v) is 0.676. The van der Waals surface area contributed by atoms with Crippen LogP contribution in [0.4, 0.5) is 0 Å². The van der Waals surface area contributed by atoms with Crippen molar-refractivity contribution in [1.29, 1.82) is 0 Å². The van der Waals surface area contributed by atoms with Gasteiger partial charge in [-0.2, -0.15) is 11.8 Å². The van der Waals surface area contributed by atoms with Gasteiger partial charge in [-0.15, -0.1) is 0 Å². The summed E-state index contributed by atoms with van der Waals surface area (Å²) in [7, 11) is 0. The molecule has 0 amide bonds. The molecule has 0 N–H and O–H groups in total. The fourth-order valence-electron chi connectivity index (χ4n) is 0.304. The molecule has 41 valence electrons. The molecule has 1 heteroatoms. The van der Waals surface area contributed by atoms with Crippen molar-refractivity contribution < 1.29 is 0 Å². The van der Waals surface area contributed by atoms with Gasteiger partial charge in [0.1, 0.15) is 0 Å². The van der Waals surface area contributed by atoms with E-state index in [1.165, 1.54) is 5.75 Å². The van der Waals surface area contributed by atoms with Crippen LogP contribution < -0.4 is 0 Å². The lowest BCUT2D eigenvalue weighted by atomic mass is 10.4. The Bertz CT molecular complexity index is 48.1. The van der Waals surface area contributed by atoms with Crippen LogP contribution >= 0.6 is 11.8 Å². The minimum absolute atomic E-state index is 1.16. The molecule has 0 aromatic rings. The number of rotatable bonds is 3. The van der Waals surface area contributed by atoms with Gasteiger partial charge in [0.25, 0.3) is 0 Å². The van der Waals surface area contributed by atoms with Crippen molar-refractivity contribution in [2.75, 3.05) is 12.0 Å². The van der Waals surface area contributed by atoms with Gasteiger partial charge in [-0.25, -0.2) is 0 Å². The molecule has 0 saturated heterocycles. The molecule has 0 aliphatic carbocycles. The molecule has 0 fully saturated rings. The van der Waals surface area contributed by atoms with Crippen molar-refractivity contribution in [3.63, 3.8) is 0 Å². The maximum Gasteiger partial charge on any atom is -0.00357 e. The van der Waals surface area contributed by atoms with Crippen molar-refractivity contribution in [3.05, 3.63) is 19.1 Å². The van der Waals surface area contributed by atoms with Crippen LogP contribution in [0.3, 0.4) is 0 Å². The van der Waals surface area contributed by atoms with Crippen molar-refractivity contribution in [3.8, 4) is 0 Å². The normalized spacial score (nSPS) is 10.6. The van der Waals surface area contributed by atoms with Gasteiger partial charge in [-0.3, -0.25) is 0 Å². The topological polar surface area (TPSA) is 0 Å². The number of thioether (sulfide) groups is 1. The Morgan fingerprint density at radius 3 is 2.86 bits per heavy atom. The Kier molecular flexibility index (Phi) is 6.17. The minimum atomic E-state index is 1.16. The molecule has 0 rings (SSSR count). The maximum absolute atomic E-state index is 3.57. The molecule has 1 radical (unpaired) electrons. The van der Waals surface area contributed by atoms with Gasteiger partial charge in [-0.1, -0.05) is 12.2 Å². The average Bonchev–Trinajstić information content (AvgIpc) is 1.69. The standard InChI is InChI=1S/C6H11S/c1-3-4-5-6-7-2/h3-4H,1,5-6H2,2H3/b4-3+. The van der Waals surface area contributed by atoms with Crippen molar-refractivity contribution >= 4 is 11.8 Å². The summed E-state index contributed by atoms with van der Waals surface area (Å²) in [5.41, 5.74) is 0. The van der Waals surface area contributed by atoms with E-state index < -0.39 is 0 Å². The van der Waals surface area contributed by atoms with Gasteiger partial charge in [0.15, 0.2) is 0 Å². The predicted molar refractivity (Wildman–Crippen MR) is 37.5 cm³/mol. The van der Waals surface area contributed by atoms with Crippen LogP contribution in [0.2, 0.25) is 0 Å². The van der Waals surface area contributed by atoms with Crippen LogP contribution in [0, 0.1) is 6.92 Å². The smallest absolute Gasteiger partial charge is 0.00357 e. The first kappa shape index (κ1) is 7.09. The van der Waals surface area contributed by atoms with E-state index in [0.717, 1.165) is 6.42 Å². The second-order valence-corrected chi connectivity index (χ2v) is 2.24. The van der Waals surface area contributed by atoms with E-state index in [0.29, 0.717) is 0 Å². The molecule has 0 nitrogen and oxygen atoms in total. The Balaban J connectivity index is 2.69. The Hall–Kier alpha value is 0.0900. The van der Waals surface area contributed by atoms with Crippen LogP contribution in [-0.4, -0.2) is 12.0 Å². The Morgan fingerprint density at radius 1 is 1.71 bits per heavy atom. The Morgan fingerprint density at radius 2 is 2.43 bits per heavy atom. The quantitative estimate of drug-likeness (QED) is 0.508. The molecule has 0 heterocycles. The third kappa shape index (κ3) is 6.09. The molecule has 0 saturated carbocycles. The summed E-state index contributed by atoms with van der Waals surface area (Å²) in [6, 6.07) is 0. The lowest BCUT2D eigenvalue weighted by molar-refractivity contribution is 1.25. The fraction of sp³-hybridized carbons (Fsp3) is 0.500. The lowest BCUT2D eigenvalue weighted by Gasteiger charge is -1.84. The highest BCUT2D eigenvalue weighted by atomic mass is 32.2. The summed E-state index contributed by atoms with van der Waals surface area (Å²) in [5.74, 6) is 1.21. The van der Waals surface area contributed by atoms with Gasteiger partial charge < -0.3 is 0 Å². The van der Waals surface area contributed by atoms with E-state index in [2.05, 4.69) is 19.3 Å². The van der Waals surface area contributed by atoms with Crippen LogP contribution in [0.5, 0.6) is 0 Å². The third-order valence-corrected chi connectivity index (χ3v) is 1.30. The van der Waals surface area contributed by atoms with Crippen LogP contribution in [0.15, 0.2) is 12.2 Å². The van der Waals surface area contributed by atoms with Gasteiger partial charge in [0.05, 0.1) is 0 Å².